The molecule has 14 heavy (non-hydrogen) atoms. The summed E-state index contributed by atoms with van der Waals surface area (Å²) < 4.78 is 0. The van der Waals surface area contributed by atoms with Crippen molar-refractivity contribution in [2.45, 2.75) is 18.9 Å². The summed E-state index contributed by atoms with van der Waals surface area (Å²) >= 11 is 0. The molecule has 76 valence electrons. The summed E-state index contributed by atoms with van der Waals surface area (Å²) in [5, 5.41) is 16.8. The van der Waals surface area contributed by atoms with Crippen molar-refractivity contribution in [1.82, 2.24) is 0 Å². The Bertz CT molecular complexity index is 245. The molecule has 0 bridgehead atoms. The maximum atomic E-state index is 10.4. The zero-order chi connectivity index (χ0) is 10.4. The van der Waals surface area contributed by atoms with Crippen LogP contribution in [0.2, 0.25) is 0 Å². The van der Waals surface area contributed by atoms with Gasteiger partial charge in [0.1, 0.15) is 0 Å². The summed E-state index contributed by atoms with van der Waals surface area (Å²) in [7, 11) is 0. The average Bonchev–Trinajstić information content (AvgIpc) is 1.96. The third-order valence-corrected chi connectivity index (χ3v) is 1.22. The average molecular weight is 213 g/mol. The Balaban J connectivity index is -0.000000720. The predicted octanol–water partition coefficient (Wildman–Crippen LogP) is -4.31. The van der Waals surface area contributed by atoms with E-state index in [1.807, 2.05) is 0 Å². The van der Waals surface area contributed by atoms with Crippen LogP contribution < -0.4 is 41.0 Å². The van der Waals surface area contributed by atoms with Crippen LogP contribution in [0.25, 0.3) is 0 Å². The van der Waals surface area contributed by atoms with Gasteiger partial charge in [0.15, 0.2) is 12.0 Å². The molecule has 7 nitrogen and oxygen atoms in total. The minimum absolute atomic E-state index is 0. The van der Waals surface area contributed by atoms with E-state index in [-0.39, 0.29) is 49.8 Å². The topological polar surface area (TPSA) is 139 Å². The zero-order valence-corrected chi connectivity index (χ0v) is 9.80. The quantitative estimate of drug-likeness (QED) is 0.207. The molecule has 1 atom stereocenters. The van der Waals surface area contributed by atoms with Gasteiger partial charge in [0.05, 0.1) is 0 Å². The molecular weight excluding hydrogens is 201 g/mol. The first-order valence-electron chi connectivity index (χ1n) is 3.47. The van der Waals surface area contributed by atoms with Gasteiger partial charge in [-0.2, -0.15) is 0 Å². The van der Waals surface area contributed by atoms with Crippen LogP contribution in [0.3, 0.4) is 0 Å². The van der Waals surface area contributed by atoms with Gasteiger partial charge in [0.25, 0.3) is 0 Å². The van der Waals surface area contributed by atoms with E-state index in [1.54, 1.807) is 0 Å². The fourth-order valence-electron chi connectivity index (χ4n) is 0.683. The van der Waals surface area contributed by atoms with Gasteiger partial charge in [-0.25, -0.2) is 9.79 Å². The molecule has 0 rings (SSSR count). The maximum Gasteiger partial charge on any atom is 1.00 e. The normalized spacial score (nSPS) is 10.9. The predicted molar refractivity (Wildman–Crippen MR) is 45.2 cm³/mol. The molecule has 0 aliphatic carbocycles. The van der Waals surface area contributed by atoms with Crippen LogP contribution in [0.1, 0.15) is 14.3 Å². The van der Waals surface area contributed by atoms with Crippen LogP contribution in [-0.2, 0) is 9.59 Å². The SMILES string of the molecule is NC(N)=N[C@H](CCC(=O)O)C(=O)O.[H-].[Na+]. The molecule has 0 aromatic carbocycles. The van der Waals surface area contributed by atoms with Gasteiger partial charge < -0.3 is 23.1 Å². The number of rotatable bonds is 5. The summed E-state index contributed by atoms with van der Waals surface area (Å²) in [5.41, 5.74) is 9.91. The zero-order valence-electron chi connectivity index (χ0n) is 8.80. The van der Waals surface area contributed by atoms with Crippen molar-refractivity contribution < 1.29 is 50.8 Å². The number of guanidine groups is 1. The second-order valence-corrected chi connectivity index (χ2v) is 2.34. The van der Waals surface area contributed by atoms with Gasteiger partial charge in [0.2, 0.25) is 0 Å². The fraction of sp³-hybridized carbons (Fsp3) is 0.500. The molecule has 0 fully saturated rings. The van der Waals surface area contributed by atoms with Crippen molar-refractivity contribution >= 4 is 17.9 Å². The van der Waals surface area contributed by atoms with Crippen LogP contribution in [0.5, 0.6) is 0 Å². The van der Waals surface area contributed by atoms with Gasteiger partial charge in [-0.3, -0.25) is 4.79 Å². The van der Waals surface area contributed by atoms with E-state index >= 15 is 0 Å². The molecule has 8 heteroatoms. The molecule has 0 aliphatic rings. The number of nitrogens with zero attached hydrogens (tertiary/aromatic N) is 1. The van der Waals surface area contributed by atoms with Crippen molar-refractivity contribution in [3.63, 3.8) is 0 Å². The number of carbonyl (C=O) groups is 2. The van der Waals surface area contributed by atoms with Crippen LogP contribution in [0.4, 0.5) is 0 Å². The summed E-state index contributed by atoms with van der Waals surface area (Å²) in [6.45, 7) is 0. The Kier molecular flexibility index (Phi) is 8.51. The number of aliphatic imine (C=N–C) groups is 1. The van der Waals surface area contributed by atoms with Crippen LogP contribution >= 0.6 is 0 Å². The van der Waals surface area contributed by atoms with Gasteiger partial charge in [-0.15, -0.1) is 0 Å². The molecule has 0 amide bonds. The first kappa shape index (κ1) is 15.7. The third kappa shape index (κ3) is 7.84. The third-order valence-electron chi connectivity index (χ3n) is 1.22. The second kappa shape index (κ2) is 7.60. The number of hydrogen-bond donors (Lipinski definition) is 4. The Hall–Kier alpha value is -0.790. The molecule has 0 saturated heterocycles. The van der Waals surface area contributed by atoms with E-state index < -0.39 is 18.0 Å². The maximum absolute atomic E-state index is 10.4. The van der Waals surface area contributed by atoms with Crippen LogP contribution in [0, 0.1) is 0 Å². The Labute approximate surface area is 104 Å². The van der Waals surface area contributed by atoms with Gasteiger partial charge >= 0.3 is 41.5 Å². The van der Waals surface area contributed by atoms with E-state index in [2.05, 4.69) is 4.99 Å². The standard InChI is InChI=1S/C6H11N3O4.Na.H/c7-6(8)9-3(5(12)13)1-2-4(10)11;;/h3H,1-2H2,(H,10,11)(H,12,13)(H4,7,8,9);;/q;+1;-1/t3-;;/m1../s1. The molecular formula is C6H12N3NaO4. The second-order valence-electron chi connectivity index (χ2n) is 2.34. The number of aliphatic carboxylic acids is 2. The van der Waals surface area contributed by atoms with Crippen molar-refractivity contribution in [2.75, 3.05) is 0 Å². The van der Waals surface area contributed by atoms with E-state index in [4.69, 9.17) is 21.7 Å². The minimum atomic E-state index is -1.24. The number of carboxylic acid groups (broad SMARTS) is 2. The van der Waals surface area contributed by atoms with Gasteiger partial charge in [-0.1, -0.05) is 0 Å². The number of hydrogen-bond acceptors (Lipinski definition) is 3. The number of nitrogens with two attached hydrogens (primary N) is 2. The molecule has 0 spiro atoms. The Morgan fingerprint density at radius 2 is 1.86 bits per heavy atom. The molecule has 0 heterocycles. The summed E-state index contributed by atoms with van der Waals surface area (Å²) in [5.74, 6) is -2.69. The first-order valence-corrected chi connectivity index (χ1v) is 3.47. The molecule has 0 aliphatic heterocycles. The van der Waals surface area contributed by atoms with Crippen molar-refractivity contribution in [2.24, 2.45) is 16.5 Å². The molecule has 6 N–H and O–H groups in total. The summed E-state index contributed by atoms with van der Waals surface area (Å²) in [6, 6.07) is -1.18. The number of carboxylic acids is 2. The Morgan fingerprint density at radius 3 is 2.14 bits per heavy atom. The Morgan fingerprint density at radius 1 is 1.36 bits per heavy atom. The van der Waals surface area contributed by atoms with Crippen molar-refractivity contribution in [3.8, 4) is 0 Å². The summed E-state index contributed by atoms with van der Waals surface area (Å²) in [4.78, 5) is 23.9. The van der Waals surface area contributed by atoms with Gasteiger partial charge in [0, 0.05) is 6.42 Å². The molecule has 0 aromatic heterocycles. The van der Waals surface area contributed by atoms with Crippen LogP contribution in [0.15, 0.2) is 4.99 Å². The molecule has 0 aromatic rings. The first-order chi connectivity index (χ1) is 5.93. The molecule has 0 radical (unpaired) electrons. The van der Waals surface area contributed by atoms with Gasteiger partial charge in [-0.05, 0) is 6.42 Å². The van der Waals surface area contributed by atoms with Crippen molar-refractivity contribution in [3.05, 3.63) is 0 Å². The monoisotopic (exact) mass is 213 g/mol. The van der Waals surface area contributed by atoms with E-state index in [1.165, 1.54) is 0 Å². The smallest absolute Gasteiger partial charge is 1.00 e. The van der Waals surface area contributed by atoms with E-state index in [9.17, 15) is 9.59 Å². The minimum Gasteiger partial charge on any atom is -1.00 e. The van der Waals surface area contributed by atoms with E-state index in [0.717, 1.165) is 0 Å². The van der Waals surface area contributed by atoms with Crippen molar-refractivity contribution in [1.29, 1.82) is 0 Å². The fourth-order valence-corrected chi connectivity index (χ4v) is 0.683. The van der Waals surface area contributed by atoms with E-state index in [0.29, 0.717) is 0 Å². The van der Waals surface area contributed by atoms with Crippen LogP contribution in [-0.4, -0.2) is 34.2 Å². The summed E-state index contributed by atoms with van der Waals surface area (Å²) in [6.07, 6.45) is -0.406. The largest absolute Gasteiger partial charge is 1.00 e. The molecule has 0 saturated carbocycles. The molecule has 0 unspecified atom stereocenters.